The molecule has 0 unspecified atom stereocenters. The summed E-state index contributed by atoms with van der Waals surface area (Å²) >= 11 is 0. The lowest BCUT2D eigenvalue weighted by Gasteiger charge is -2.17. The van der Waals surface area contributed by atoms with E-state index in [9.17, 15) is 14.4 Å². The lowest BCUT2D eigenvalue weighted by Crippen LogP contribution is -2.32. The summed E-state index contributed by atoms with van der Waals surface area (Å²) in [6.45, 7) is 4.45. The first-order chi connectivity index (χ1) is 17.8. The fourth-order valence-electron chi connectivity index (χ4n) is 4.27. The van der Waals surface area contributed by atoms with Crippen molar-refractivity contribution in [2.24, 2.45) is 5.92 Å². The Morgan fingerprint density at radius 2 is 1.59 bits per heavy atom. The largest absolute Gasteiger partial charge is 0.497 e. The zero-order valence-corrected chi connectivity index (χ0v) is 21.2. The average molecular weight is 502 g/mol. The number of amides is 3. The van der Waals surface area contributed by atoms with Gasteiger partial charge in [-0.25, -0.2) is 0 Å². The van der Waals surface area contributed by atoms with Crippen LogP contribution in [0, 0.1) is 19.8 Å². The third kappa shape index (κ3) is 6.46. The lowest BCUT2D eigenvalue weighted by molar-refractivity contribution is -0.126. The third-order valence-corrected chi connectivity index (χ3v) is 6.39. The maximum Gasteiger partial charge on any atom is 0.262 e. The molecule has 1 atom stereocenters. The van der Waals surface area contributed by atoms with E-state index >= 15 is 0 Å². The Hall–Kier alpha value is -4.33. The Labute approximate surface area is 216 Å². The number of hydrogen-bond acceptors (Lipinski definition) is 5. The fourth-order valence-corrected chi connectivity index (χ4v) is 4.27. The van der Waals surface area contributed by atoms with Crippen LogP contribution in [-0.2, 0) is 20.9 Å². The van der Waals surface area contributed by atoms with Crippen molar-refractivity contribution in [3.63, 3.8) is 0 Å². The Bertz CT molecular complexity index is 1250. The molecule has 0 aliphatic carbocycles. The molecule has 2 N–H and O–H groups in total. The number of anilines is 2. The van der Waals surface area contributed by atoms with E-state index in [2.05, 4.69) is 10.6 Å². The van der Waals surface area contributed by atoms with Crippen molar-refractivity contribution in [3.8, 4) is 11.5 Å². The topological polar surface area (TPSA) is 97.0 Å². The molecule has 1 heterocycles. The minimum absolute atomic E-state index is 0.105. The standard InChI is InChI=1S/C29H31N3O5/c1-19-5-4-6-20(2)28(19)31-26(33)18-37-25-13-9-23(10-14-25)32-17-22(15-27(32)34)29(35)30-16-21-7-11-24(36-3)12-8-21/h4-14,22H,15-18H2,1-3H3,(H,30,35)(H,31,33)/t22-/m1/s1. The molecule has 8 nitrogen and oxygen atoms in total. The summed E-state index contributed by atoms with van der Waals surface area (Å²) in [6.07, 6.45) is 0.158. The van der Waals surface area contributed by atoms with Gasteiger partial charge in [-0.15, -0.1) is 0 Å². The van der Waals surface area contributed by atoms with Crippen molar-refractivity contribution in [1.29, 1.82) is 0 Å². The van der Waals surface area contributed by atoms with E-state index in [1.807, 2.05) is 56.3 Å². The normalized spacial score (nSPS) is 14.8. The molecule has 0 aromatic heterocycles. The van der Waals surface area contributed by atoms with E-state index in [0.717, 1.165) is 28.1 Å². The van der Waals surface area contributed by atoms with Crippen molar-refractivity contribution >= 4 is 29.1 Å². The zero-order valence-electron chi connectivity index (χ0n) is 21.2. The number of methoxy groups -OCH3 is 1. The lowest BCUT2D eigenvalue weighted by atomic mass is 10.1. The molecule has 37 heavy (non-hydrogen) atoms. The van der Waals surface area contributed by atoms with Gasteiger partial charge in [-0.3, -0.25) is 14.4 Å². The Morgan fingerprint density at radius 1 is 0.946 bits per heavy atom. The highest BCUT2D eigenvalue weighted by molar-refractivity contribution is 6.00. The first-order valence-electron chi connectivity index (χ1n) is 12.1. The molecule has 192 valence electrons. The molecule has 0 bridgehead atoms. The van der Waals surface area contributed by atoms with E-state index in [1.165, 1.54) is 0 Å². The van der Waals surface area contributed by atoms with Crippen molar-refractivity contribution in [2.45, 2.75) is 26.8 Å². The Morgan fingerprint density at radius 3 is 2.24 bits per heavy atom. The molecule has 0 saturated carbocycles. The smallest absolute Gasteiger partial charge is 0.262 e. The van der Waals surface area contributed by atoms with Crippen LogP contribution in [0.3, 0.4) is 0 Å². The number of carbonyl (C=O) groups excluding carboxylic acids is 3. The van der Waals surface area contributed by atoms with E-state index in [4.69, 9.17) is 9.47 Å². The summed E-state index contributed by atoms with van der Waals surface area (Å²) in [6, 6.07) is 20.2. The number of nitrogens with one attached hydrogen (secondary N) is 2. The van der Waals surface area contributed by atoms with Gasteiger partial charge in [0.1, 0.15) is 11.5 Å². The van der Waals surface area contributed by atoms with Crippen LogP contribution in [0.15, 0.2) is 66.7 Å². The molecule has 0 spiro atoms. The molecule has 8 heteroatoms. The molecule has 3 amide bonds. The van der Waals surface area contributed by atoms with Crippen LogP contribution in [0.5, 0.6) is 11.5 Å². The molecule has 1 fully saturated rings. The van der Waals surface area contributed by atoms with Gasteiger partial charge in [0.05, 0.1) is 13.0 Å². The zero-order chi connectivity index (χ0) is 26.4. The van der Waals surface area contributed by atoms with Gasteiger partial charge in [-0.2, -0.15) is 0 Å². The number of ether oxygens (including phenoxy) is 2. The maximum atomic E-state index is 12.7. The quantitative estimate of drug-likeness (QED) is 0.462. The minimum atomic E-state index is -0.421. The maximum absolute atomic E-state index is 12.7. The monoisotopic (exact) mass is 501 g/mol. The van der Waals surface area contributed by atoms with Gasteiger partial charge in [0.15, 0.2) is 6.61 Å². The van der Waals surface area contributed by atoms with E-state index in [1.54, 1.807) is 36.3 Å². The summed E-state index contributed by atoms with van der Waals surface area (Å²) in [5, 5.41) is 5.81. The molecule has 0 radical (unpaired) electrons. The molecular weight excluding hydrogens is 470 g/mol. The molecule has 1 aliphatic rings. The summed E-state index contributed by atoms with van der Waals surface area (Å²) in [7, 11) is 1.60. The Balaban J connectivity index is 1.27. The molecular formula is C29H31N3O5. The van der Waals surface area contributed by atoms with E-state index in [-0.39, 0.29) is 30.7 Å². The number of para-hydroxylation sites is 1. The second-order valence-electron chi connectivity index (χ2n) is 9.07. The number of carbonyl (C=O) groups is 3. The van der Waals surface area contributed by atoms with Gasteiger partial charge in [-0.1, -0.05) is 30.3 Å². The van der Waals surface area contributed by atoms with Crippen LogP contribution in [0.1, 0.15) is 23.1 Å². The van der Waals surface area contributed by atoms with Crippen molar-refractivity contribution in [2.75, 3.05) is 30.5 Å². The highest BCUT2D eigenvalue weighted by Gasteiger charge is 2.35. The second kappa shape index (κ2) is 11.6. The molecule has 3 aromatic rings. The van der Waals surface area contributed by atoms with Crippen LogP contribution >= 0.6 is 0 Å². The first-order valence-corrected chi connectivity index (χ1v) is 12.1. The number of aryl methyl sites for hydroxylation is 2. The van der Waals surface area contributed by atoms with Gasteiger partial charge in [0.25, 0.3) is 5.91 Å². The summed E-state index contributed by atoms with van der Waals surface area (Å²) in [5.41, 5.74) is 4.40. The van der Waals surface area contributed by atoms with E-state index in [0.29, 0.717) is 24.5 Å². The van der Waals surface area contributed by atoms with Crippen LogP contribution in [0.4, 0.5) is 11.4 Å². The predicted molar refractivity (Wildman–Crippen MR) is 142 cm³/mol. The second-order valence-corrected chi connectivity index (χ2v) is 9.07. The van der Waals surface area contributed by atoms with Gasteiger partial charge in [-0.05, 0) is 66.9 Å². The van der Waals surface area contributed by atoms with E-state index < -0.39 is 5.92 Å². The van der Waals surface area contributed by atoms with Crippen LogP contribution in [0.25, 0.3) is 0 Å². The molecule has 4 rings (SSSR count). The van der Waals surface area contributed by atoms with Gasteiger partial charge in [0, 0.05) is 30.9 Å². The Kier molecular flexibility index (Phi) is 8.08. The minimum Gasteiger partial charge on any atom is -0.497 e. The summed E-state index contributed by atoms with van der Waals surface area (Å²) in [5.74, 6) is 0.340. The van der Waals surface area contributed by atoms with Crippen molar-refractivity contribution in [1.82, 2.24) is 5.32 Å². The highest BCUT2D eigenvalue weighted by Crippen LogP contribution is 2.27. The SMILES string of the molecule is COc1ccc(CNC(=O)[C@@H]2CC(=O)N(c3ccc(OCC(=O)Nc4c(C)cccc4C)cc3)C2)cc1. The summed E-state index contributed by atoms with van der Waals surface area (Å²) < 4.78 is 10.8. The molecule has 3 aromatic carbocycles. The van der Waals surface area contributed by atoms with Gasteiger partial charge in [0.2, 0.25) is 11.8 Å². The third-order valence-electron chi connectivity index (χ3n) is 6.39. The van der Waals surface area contributed by atoms with Gasteiger partial charge < -0.3 is 25.0 Å². The number of benzene rings is 3. The number of nitrogens with zero attached hydrogens (tertiary/aromatic N) is 1. The van der Waals surface area contributed by atoms with Crippen molar-refractivity contribution in [3.05, 3.63) is 83.4 Å². The highest BCUT2D eigenvalue weighted by atomic mass is 16.5. The average Bonchev–Trinajstić information content (AvgIpc) is 3.30. The summed E-state index contributed by atoms with van der Waals surface area (Å²) in [4.78, 5) is 39.2. The number of rotatable bonds is 9. The number of hydrogen-bond donors (Lipinski definition) is 2. The van der Waals surface area contributed by atoms with Crippen molar-refractivity contribution < 1.29 is 23.9 Å². The van der Waals surface area contributed by atoms with Crippen LogP contribution < -0.4 is 25.0 Å². The fraction of sp³-hybridized carbons (Fsp3) is 0.276. The predicted octanol–water partition coefficient (Wildman–Crippen LogP) is 4.00. The van der Waals surface area contributed by atoms with Crippen LogP contribution in [-0.4, -0.2) is 38.0 Å². The first kappa shape index (κ1) is 25.8. The molecule has 1 saturated heterocycles. The molecule has 1 aliphatic heterocycles. The van der Waals surface area contributed by atoms with Crippen LogP contribution in [0.2, 0.25) is 0 Å². The van der Waals surface area contributed by atoms with Gasteiger partial charge >= 0.3 is 0 Å².